The van der Waals surface area contributed by atoms with E-state index in [1.807, 2.05) is 0 Å². The molecule has 0 aromatic heterocycles. The molecule has 0 bridgehead atoms. The Morgan fingerprint density at radius 2 is 2.00 bits per heavy atom. The summed E-state index contributed by atoms with van der Waals surface area (Å²) in [5, 5.41) is 3.81. The van der Waals surface area contributed by atoms with Crippen LogP contribution in [0.4, 0.5) is 0 Å². The van der Waals surface area contributed by atoms with Gasteiger partial charge in [-0.1, -0.05) is 43.7 Å². The van der Waals surface area contributed by atoms with Crippen molar-refractivity contribution in [2.45, 2.75) is 57.7 Å². The highest BCUT2D eigenvalue weighted by Gasteiger charge is 2.38. The second-order valence-electron chi connectivity index (χ2n) is 6.61. The van der Waals surface area contributed by atoms with Gasteiger partial charge in [0.05, 0.1) is 0 Å². The molecule has 1 aliphatic carbocycles. The average molecular weight is 272 g/mol. The average Bonchev–Trinajstić information content (AvgIpc) is 3.32. The van der Waals surface area contributed by atoms with Crippen molar-refractivity contribution in [2.24, 2.45) is 5.92 Å². The fourth-order valence-electron chi connectivity index (χ4n) is 3.67. The molecule has 1 aliphatic heterocycles. The summed E-state index contributed by atoms with van der Waals surface area (Å²) in [7, 11) is 0. The Kier molecular flexibility index (Phi) is 4.42. The van der Waals surface area contributed by atoms with Gasteiger partial charge in [-0.3, -0.25) is 4.90 Å². The monoisotopic (exact) mass is 272 g/mol. The van der Waals surface area contributed by atoms with E-state index in [0.29, 0.717) is 12.1 Å². The van der Waals surface area contributed by atoms with Crippen molar-refractivity contribution in [2.75, 3.05) is 13.1 Å². The molecule has 1 aromatic carbocycles. The molecule has 2 heteroatoms. The maximum absolute atomic E-state index is 3.81. The Labute approximate surface area is 123 Å². The molecule has 1 aromatic rings. The Bertz CT molecular complexity index is 413. The maximum Gasteiger partial charge on any atom is 0.0476 e. The summed E-state index contributed by atoms with van der Waals surface area (Å²) in [6.45, 7) is 7.05. The van der Waals surface area contributed by atoms with Gasteiger partial charge in [0, 0.05) is 31.2 Å². The maximum atomic E-state index is 3.81. The molecule has 1 N–H and O–H groups in total. The van der Waals surface area contributed by atoms with Crippen LogP contribution in [0.15, 0.2) is 30.3 Å². The Morgan fingerprint density at radius 3 is 2.65 bits per heavy atom. The fraction of sp³-hybridized carbons (Fsp3) is 0.667. The van der Waals surface area contributed by atoms with Crippen LogP contribution in [-0.4, -0.2) is 30.1 Å². The van der Waals surface area contributed by atoms with Crippen LogP contribution < -0.4 is 5.32 Å². The molecular weight excluding hydrogens is 244 g/mol. The van der Waals surface area contributed by atoms with E-state index in [2.05, 4.69) is 54.4 Å². The Balaban J connectivity index is 1.76. The molecule has 0 amide bonds. The van der Waals surface area contributed by atoms with E-state index in [9.17, 15) is 0 Å². The third kappa shape index (κ3) is 3.07. The quantitative estimate of drug-likeness (QED) is 0.881. The number of rotatable bonds is 5. The number of piperazine rings is 1. The van der Waals surface area contributed by atoms with Crippen LogP contribution in [0.2, 0.25) is 0 Å². The first kappa shape index (κ1) is 14.1. The van der Waals surface area contributed by atoms with Gasteiger partial charge in [-0.15, -0.1) is 0 Å². The molecule has 0 radical (unpaired) electrons. The third-order valence-electron chi connectivity index (χ3n) is 5.03. The molecular formula is C18H28N2. The fourth-order valence-corrected chi connectivity index (χ4v) is 3.67. The summed E-state index contributed by atoms with van der Waals surface area (Å²) in [6.07, 6.45) is 5.45. The van der Waals surface area contributed by atoms with Gasteiger partial charge in [0.1, 0.15) is 0 Å². The van der Waals surface area contributed by atoms with Crippen molar-refractivity contribution in [3.63, 3.8) is 0 Å². The van der Waals surface area contributed by atoms with Crippen LogP contribution >= 0.6 is 0 Å². The highest BCUT2D eigenvalue weighted by atomic mass is 15.3. The minimum atomic E-state index is 0.549. The summed E-state index contributed by atoms with van der Waals surface area (Å²) < 4.78 is 0. The van der Waals surface area contributed by atoms with E-state index in [1.54, 1.807) is 0 Å². The van der Waals surface area contributed by atoms with E-state index in [1.165, 1.54) is 37.8 Å². The number of benzene rings is 1. The zero-order valence-corrected chi connectivity index (χ0v) is 12.9. The molecule has 1 heterocycles. The molecule has 1 saturated carbocycles. The minimum absolute atomic E-state index is 0.549. The molecule has 3 atom stereocenters. The van der Waals surface area contributed by atoms with Crippen LogP contribution in [-0.2, 0) is 0 Å². The third-order valence-corrected chi connectivity index (χ3v) is 5.03. The molecule has 2 aliphatic rings. The van der Waals surface area contributed by atoms with Crippen molar-refractivity contribution in [1.82, 2.24) is 10.2 Å². The van der Waals surface area contributed by atoms with Crippen LogP contribution in [0, 0.1) is 5.92 Å². The highest BCUT2D eigenvalue weighted by molar-refractivity contribution is 5.21. The lowest BCUT2D eigenvalue weighted by molar-refractivity contribution is 0.0782. The summed E-state index contributed by atoms with van der Waals surface area (Å²) in [5.74, 6) is 0.947. The molecule has 2 nitrogen and oxygen atoms in total. The summed E-state index contributed by atoms with van der Waals surface area (Å²) in [5.41, 5.74) is 1.47. The number of nitrogens with one attached hydrogen (secondary N) is 1. The minimum Gasteiger partial charge on any atom is -0.311 e. The Morgan fingerprint density at radius 1 is 1.25 bits per heavy atom. The molecule has 2 fully saturated rings. The van der Waals surface area contributed by atoms with Gasteiger partial charge < -0.3 is 5.32 Å². The predicted molar refractivity (Wildman–Crippen MR) is 84.8 cm³/mol. The van der Waals surface area contributed by atoms with Crippen LogP contribution in [0.25, 0.3) is 0 Å². The van der Waals surface area contributed by atoms with Crippen LogP contribution in [0.5, 0.6) is 0 Å². The lowest BCUT2D eigenvalue weighted by atomic mass is 9.96. The second kappa shape index (κ2) is 6.28. The zero-order valence-electron chi connectivity index (χ0n) is 12.9. The van der Waals surface area contributed by atoms with Gasteiger partial charge in [0.25, 0.3) is 0 Å². The number of hydrogen-bond donors (Lipinski definition) is 1. The van der Waals surface area contributed by atoms with Gasteiger partial charge in [0.15, 0.2) is 0 Å². The van der Waals surface area contributed by atoms with Gasteiger partial charge in [-0.2, -0.15) is 0 Å². The number of hydrogen-bond acceptors (Lipinski definition) is 2. The molecule has 20 heavy (non-hydrogen) atoms. The molecule has 110 valence electrons. The largest absolute Gasteiger partial charge is 0.311 e. The van der Waals surface area contributed by atoms with Crippen LogP contribution in [0.1, 0.15) is 51.1 Å². The molecule has 3 rings (SSSR count). The first-order chi connectivity index (χ1) is 9.79. The van der Waals surface area contributed by atoms with Crippen molar-refractivity contribution in [1.29, 1.82) is 0 Å². The second-order valence-corrected chi connectivity index (χ2v) is 6.61. The molecule has 0 spiro atoms. The van der Waals surface area contributed by atoms with Crippen molar-refractivity contribution in [3.05, 3.63) is 35.9 Å². The first-order valence-electron chi connectivity index (χ1n) is 8.33. The predicted octanol–water partition coefficient (Wildman–Crippen LogP) is 3.60. The first-order valence-corrected chi connectivity index (χ1v) is 8.33. The highest BCUT2D eigenvalue weighted by Crippen LogP contribution is 2.37. The number of nitrogens with zero attached hydrogens (tertiary/aromatic N) is 1. The Hall–Kier alpha value is -0.860. The summed E-state index contributed by atoms with van der Waals surface area (Å²) in [6, 6.07) is 13.0. The van der Waals surface area contributed by atoms with Gasteiger partial charge in [-0.25, -0.2) is 0 Å². The topological polar surface area (TPSA) is 15.3 Å². The molecule has 1 saturated heterocycles. The normalized spacial score (nSPS) is 29.3. The lowest BCUT2D eigenvalue weighted by Gasteiger charge is -2.44. The zero-order chi connectivity index (χ0) is 13.9. The summed E-state index contributed by atoms with van der Waals surface area (Å²) >= 11 is 0. The van der Waals surface area contributed by atoms with Crippen molar-refractivity contribution >= 4 is 0 Å². The van der Waals surface area contributed by atoms with E-state index in [4.69, 9.17) is 0 Å². The van der Waals surface area contributed by atoms with E-state index >= 15 is 0 Å². The van der Waals surface area contributed by atoms with E-state index in [0.717, 1.165) is 18.5 Å². The molecule has 3 unspecified atom stereocenters. The van der Waals surface area contributed by atoms with Gasteiger partial charge in [-0.05, 0) is 37.7 Å². The van der Waals surface area contributed by atoms with E-state index in [-0.39, 0.29) is 0 Å². The lowest BCUT2D eigenvalue weighted by Crippen LogP contribution is -2.55. The standard InChI is InChI=1S/C18H28N2/c1-3-7-14(2)20-13-17(15-10-11-15)19-12-18(20)16-8-5-4-6-9-16/h4-6,8-9,14-15,17-19H,3,7,10-13H2,1-2H3. The van der Waals surface area contributed by atoms with Crippen molar-refractivity contribution in [3.8, 4) is 0 Å². The smallest absolute Gasteiger partial charge is 0.0476 e. The van der Waals surface area contributed by atoms with E-state index < -0.39 is 0 Å². The van der Waals surface area contributed by atoms with Crippen LogP contribution in [0.3, 0.4) is 0 Å². The van der Waals surface area contributed by atoms with Gasteiger partial charge in [0.2, 0.25) is 0 Å². The van der Waals surface area contributed by atoms with Crippen molar-refractivity contribution < 1.29 is 0 Å². The SMILES string of the molecule is CCCC(C)N1CC(C2CC2)NCC1c1ccccc1. The summed E-state index contributed by atoms with van der Waals surface area (Å²) in [4.78, 5) is 2.76. The van der Waals surface area contributed by atoms with Gasteiger partial charge >= 0.3 is 0 Å².